The highest BCUT2D eigenvalue weighted by molar-refractivity contribution is 6.03. The topological polar surface area (TPSA) is 77.8 Å². The minimum atomic E-state index is -1.45. The maximum absolute atomic E-state index is 13.5. The van der Waals surface area contributed by atoms with Crippen LogP contribution >= 0.6 is 0 Å². The Balaban J connectivity index is 1.97. The smallest absolute Gasteiger partial charge is 0.169 e. The number of fused-ring (bicyclic) bond motifs is 3. The van der Waals surface area contributed by atoms with E-state index in [1.807, 2.05) is 50.2 Å². The molecule has 0 aliphatic heterocycles. The molecular formula is C25H30O4. The molecule has 0 saturated heterocycles. The number of aromatic hydroxyl groups is 1. The molecule has 1 fully saturated rings. The number of hydrogen-bond acceptors (Lipinski definition) is 4. The van der Waals surface area contributed by atoms with Gasteiger partial charge in [0.25, 0.3) is 0 Å². The molecule has 0 bridgehead atoms. The van der Waals surface area contributed by atoms with Gasteiger partial charge in [-0.05, 0) is 55.4 Å². The van der Waals surface area contributed by atoms with E-state index >= 15 is 0 Å². The van der Waals surface area contributed by atoms with Crippen LogP contribution in [0.3, 0.4) is 0 Å². The first-order chi connectivity index (χ1) is 13.5. The SMILES string of the molecule is CCC12CC(C)(O)C(O)(c3ccccc3)CC1C(C)(C)C(=O)c1cc(O)ccc12. The van der Waals surface area contributed by atoms with Gasteiger partial charge < -0.3 is 15.3 Å². The van der Waals surface area contributed by atoms with Crippen LogP contribution in [0.4, 0.5) is 0 Å². The van der Waals surface area contributed by atoms with Crippen LogP contribution in [0, 0.1) is 11.3 Å². The molecule has 154 valence electrons. The van der Waals surface area contributed by atoms with Crippen LogP contribution in [0.2, 0.25) is 0 Å². The van der Waals surface area contributed by atoms with E-state index in [9.17, 15) is 20.1 Å². The monoisotopic (exact) mass is 394 g/mol. The lowest BCUT2D eigenvalue weighted by atomic mass is 9.43. The number of aliphatic hydroxyl groups is 2. The Labute approximate surface area is 172 Å². The molecule has 2 aliphatic carbocycles. The van der Waals surface area contributed by atoms with Crippen molar-refractivity contribution in [2.45, 2.75) is 63.6 Å². The van der Waals surface area contributed by atoms with E-state index in [1.165, 1.54) is 0 Å². The third-order valence-electron chi connectivity index (χ3n) is 7.84. The van der Waals surface area contributed by atoms with Crippen molar-refractivity contribution in [1.29, 1.82) is 0 Å². The summed E-state index contributed by atoms with van der Waals surface area (Å²) in [5, 5.41) is 33.5. The van der Waals surface area contributed by atoms with E-state index in [0.717, 1.165) is 12.0 Å². The predicted molar refractivity (Wildman–Crippen MR) is 112 cm³/mol. The number of ketones is 1. The zero-order valence-corrected chi connectivity index (χ0v) is 17.6. The quantitative estimate of drug-likeness (QED) is 0.709. The van der Waals surface area contributed by atoms with Crippen molar-refractivity contribution in [3.63, 3.8) is 0 Å². The average Bonchev–Trinajstić information content (AvgIpc) is 2.68. The highest BCUT2D eigenvalue weighted by Gasteiger charge is 2.66. The summed E-state index contributed by atoms with van der Waals surface area (Å²) in [5.74, 6) is -0.106. The Morgan fingerprint density at radius 3 is 2.31 bits per heavy atom. The Morgan fingerprint density at radius 2 is 1.69 bits per heavy atom. The molecule has 0 amide bonds. The molecule has 4 heteroatoms. The second kappa shape index (κ2) is 6.16. The van der Waals surface area contributed by atoms with Gasteiger partial charge in [0.15, 0.2) is 5.78 Å². The maximum atomic E-state index is 13.5. The average molecular weight is 395 g/mol. The first kappa shape index (κ1) is 20.1. The molecule has 1 saturated carbocycles. The Bertz CT molecular complexity index is 962. The number of carbonyl (C=O) groups is 1. The van der Waals surface area contributed by atoms with Crippen LogP contribution in [0.15, 0.2) is 48.5 Å². The third kappa shape index (κ3) is 2.55. The standard InChI is InChI=1S/C25H30O4/c1-5-24-15-23(4,28)25(29,16-9-7-6-8-10-16)14-20(24)22(2,3)21(27)18-13-17(26)11-12-19(18)24/h6-13,20,26,28-29H,5,14-15H2,1-4H3. The first-order valence-electron chi connectivity index (χ1n) is 10.4. The van der Waals surface area contributed by atoms with Gasteiger partial charge in [0, 0.05) is 16.4 Å². The van der Waals surface area contributed by atoms with Gasteiger partial charge in [-0.15, -0.1) is 0 Å². The lowest BCUT2D eigenvalue weighted by molar-refractivity contribution is -0.213. The molecule has 4 atom stereocenters. The van der Waals surface area contributed by atoms with Crippen molar-refractivity contribution in [2.24, 2.45) is 11.3 Å². The molecule has 0 spiro atoms. The van der Waals surface area contributed by atoms with Crippen molar-refractivity contribution in [2.75, 3.05) is 0 Å². The minimum absolute atomic E-state index is 0.0190. The summed E-state index contributed by atoms with van der Waals surface area (Å²) in [6.45, 7) is 7.65. The molecule has 0 radical (unpaired) electrons. The van der Waals surface area contributed by atoms with Gasteiger partial charge in [-0.2, -0.15) is 0 Å². The van der Waals surface area contributed by atoms with Crippen LogP contribution in [0.5, 0.6) is 5.75 Å². The van der Waals surface area contributed by atoms with Crippen LogP contribution < -0.4 is 0 Å². The Morgan fingerprint density at radius 1 is 1.03 bits per heavy atom. The largest absolute Gasteiger partial charge is 0.508 e. The normalized spacial score (nSPS) is 35.7. The molecule has 2 aromatic rings. The minimum Gasteiger partial charge on any atom is -0.508 e. The number of carbonyl (C=O) groups excluding carboxylic acids is 1. The van der Waals surface area contributed by atoms with Crippen LogP contribution in [-0.4, -0.2) is 26.7 Å². The summed E-state index contributed by atoms with van der Waals surface area (Å²) in [6.07, 6.45) is 1.35. The van der Waals surface area contributed by atoms with Gasteiger partial charge in [0.2, 0.25) is 0 Å². The highest BCUT2D eigenvalue weighted by Crippen LogP contribution is 2.64. The Hall–Kier alpha value is -2.17. The van der Waals surface area contributed by atoms with Crippen LogP contribution in [-0.2, 0) is 11.0 Å². The molecule has 4 nitrogen and oxygen atoms in total. The summed E-state index contributed by atoms with van der Waals surface area (Å²) in [5.41, 5.74) is -1.96. The first-order valence-corrected chi connectivity index (χ1v) is 10.4. The van der Waals surface area contributed by atoms with Crippen molar-refractivity contribution in [1.82, 2.24) is 0 Å². The lowest BCUT2D eigenvalue weighted by Crippen LogP contribution is -2.66. The lowest BCUT2D eigenvalue weighted by Gasteiger charge is -2.62. The maximum Gasteiger partial charge on any atom is 0.169 e. The summed E-state index contributed by atoms with van der Waals surface area (Å²) in [7, 11) is 0. The van der Waals surface area contributed by atoms with Crippen molar-refractivity contribution < 1.29 is 20.1 Å². The number of rotatable bonds is 2. The molecule has 4 rings (SSSR count). The Kier molecular flexibility index (Phi) is 4.28. The van der Waals surface area contributed by atoms with Crippen molar-refractivity contribution in [3.05, 3.63) is 65.2 Å². The fourth-order valence-corrected chi connectivity index (χ4v) is 6.19. The van der Waals surface area contributed by atoms with E-state index in [4.69, 9.17) is 0 Å². The van der Waals surface area contributed by atoms with E-state index in [-0.39, 0.29) is 23.9 Å². The summed E-state index contributed by atoms with van der Waals surface area (Å²) >= 11 is 0. The van der Waals surface area contributed by atoms with Gasteiger partial charge in [0.05, 0.1) is 5.60 Å². The highest BCUT2D eigenvalue weighted by atomic mass is 16.4. The van der Waals surface area contributed by atoms with E-state index in [0.29, 0.717) is 17.5 Å². The van der Waals surface area contributed by atoms with Gasteiger partial charge in [-0.1, -0.05) is 57.2 Å². The fourth-order valence-electron chi connectivity index (χ4n) is 6.19. The van der Waals surface area contributed by atoms with E-state index in [2.05, 4.69) is 6.92 Å². The zero-order chi connectivity index (χ0) is 21.2. The van der Waals surface area contributed by atoms with E-state index in [1.54, 1.807) is 19.1 Å². The second-order valence-electron chi connectivity index (χ2n) is 9.72. The third-order valence-corrected chi connectivity index (χ3v) is 7.84. The molecule has 3 N–H and O–H groups in total. The van der Waals surface area contributed by atoms with E-state index < -0.39 is 22.0 Å². The second-order valence-corrected chi connectivity index (χ2v) is 9.72. The fraction of sp³-hybridized carbons (Fsp3) is 0.480. The van der Waals surface area contributed by atoms with Gasteiger partial charge in [-0.25, -0.2) is 0 Å². The molecule has 29 heavy (non-hydrogen) atoms. The summed E-state index contributed by atoms with van der Waals surface area (Å²) in [6, 6.07) is 14.3. The van der Waals surface area contributed by atoms with Gasteiger partial charge in [-0.3, -0.25) is 4.79 Å². The summed E-state index contributed by atoms with van der Waals surface area (Å²) < 4.78 is 0. The number of phenols is 1. The van der Waals surface area contributed by atoms with Crippen LogP contribution in [0.25, 0.3) is 0 Å². The molecule has 2 aliphatic rings. The molecule has 4 unspecified atom stereocenters. The molecule has 0 aromatic heterocycles. The number of hydrogen-bond donors (Lipinski definition) is 3. The molecule has 0 heterocycles. The van der Waals surface area contributed by atoms with Crippen molar-refractivity contribution >= 4 is 5.78 Å². The van der Waals surface area contributed by atoms with Gasteiger partial charge in [0.1, 0.15) is 11.4 Å². The van der Waals surface area contributed by atoms with Crippen molar-refractivity contribution in [3.8, 4) is 5.75 Å². The summed E-state index contributed by atoms with van der Waals surface area (Å²) in [4.78, 5) is 13.5. The molecule has 2 aromatic carbocycles. The van der Waals surface area contributed by atoms with Gasteiger partial charge >= 0.3 is 0 Å². The number of benzene rings is 2. The number of Topliss-reactive ketones (excluding diaryl/α,β-unsaturated/α-hetero) is 1. The predicted octanol–water partition coefficient (Wildman–Crippen LogP) is 4.31. The number of phenolic OH excluding ortho intramolecular Hbond substituents is 1. The zero-order valence-electron chi connectivity index (χ0n) is 17.6. The molecular weight excluding hydrogens is 364 g/mol. The van der Waals surface area contributed by atoms with Crippen LogP contribution in [0.1, 0.15) is 68.4 Å².